The Morgan fingerprint density at radius 2 is 2.06 bits per heavy atom. The Morgan fingerprint density at radius 1 is 1.31 bits per heavy atom. The van der Waals surface area contributed by atoms with Crippen LogP contribution >= 0.6 is 0 Å². The van der Waals surface area contributed by atoms with Gasteiger partial charge in [0.1, 0.15) is 17.9 Å². The molecule has 1 aromatic carbocycles. The van der Waals surface area contributed by atoms with Crippen LogP contribution in [0, 0.1) is 11.7 Å². The lowest BCUT2D eigenvalue weighted by atomic mass is 10.1. The van der Waals surface area contributed by atoms with Crippen LogP contribution in [0.4, 0.5) is 4.39 Å². The van der Waals surface area contributed by atoms with E-state index in [0.717, 1.165) is 0 Å². The molecule has 0 spiro atoms. The quantitative estimate of drug-likeness (QED) is 0.731. The van der Waals surface area contributed by atoms with Gasteiger partial charge >= 0.3 is 0 Å². The summed E-state index contributed by atoms with van der Waals surface area (Å²) >= 11 is 0. The number of benzene rings is 1. The summed E-state index contributed by atoms with van der Waals surface area (Å²) < 4.78 is 18.6. The van der Waals surface area contributed by atoms with Gasteiger partial charge in [-0.3, -0.25) is 4.79 Å². The van der Waals surface area contributed by atoms with Gasteiger partial charge in [-0.1, -0.05) is 12.8 Å². The summed E-state index contributed by atoms with van der Waals surface area (Å²) in [6.45, 7) is 0.627. The first-order valence-corrected chi connectivity index (χ1v) is 5.66. The van der Waals surface area contributed by atoms with Crippen molar-refractivity contribution in [1.29, 1.82) is 0 Å². The van der Waals surface area contributed by atoms with Gasteiger partial charge in [0.2, 0.25) is 0 Å². The summed E-state index contributed by atoms with van der Waals surface area (Å²) in [6.07, 6.45) is 5.53. The predicted octanol–water partition coefficient (Wildman–Crippen LogP) is 3.21. The molecule has 2 nitrogen and oxygen atoms in total. The van der Waals surface area contributed by atoms with Gasteiger partial charge in [0.15, 0.2) is 0 Å². The highest BCUT2D eigenvalue weighted by Gasteiger charge is 2.15. The van der Waals surface area contributed by atoms with Crippen molar-refractivity contribution >= 4 is 6.29 Å². The zero-order valence-electron chi connectivity index (χ0n) is 9.12. The second kappa shape index (κ2) is 5.10. The van der Waals surface area contributed by atoms with E-state index >= 15 is 0 Å². The smallest absolute Gasteiger partial charge is 0.150 e. The number of carbonyl (C=O) groups is 1. The number of aldehydes is 1. The molecule has 16 heavy (non-hydrogen) atoms. The maximum absolute atomic E-state index is 13.1. The maximum Gasteiger partial charge on any atom is 0.150 e. The Bertz CT molecular complexity index is 370. The van der Waals surface area contributed by atoms with E-state index in [9.17, 15) is 9.18 Å². The third kappa shape index (κ3) is 2.81. The molecule has 1 aliphatic carbocycles. The lowest BCUT2D eigenvalue weighted by Gasteiger charge is -2.11. The predicted molar refractivity (Wildman–Crippen MR) is 59.2 cm³/mol. The van der Waals surface area contributed by atoms with Crippen molar-refractivity contribution < 1.29 is 13.9 Å². The molecule has 1 saturated carbocycles. The van der Waals surface area contributed by atoms with E-state index in [2.05, 4.69) is 0 Å². The first-order valence-electron chi connectivity index (χ1n) is 5.66. The minimum absolute atomic E-state index is 0.321. The Morgan fingerprint density at radius 3 is 2.75 bits per heavy atom. The summed E-state index contributed by atoms with van der Waals surface area (Å²) in [5, 5.41) is 0. The highest BCUT2D eigenvalue weighted by Crippen LogP contribution is 2.26. The van der Waals surface area contributed by atoms with Crippen molar-refractivity contribution in [2.24, 2.45) is 5.92 Å². The van der Waals surface area contributed by atoms with Crippen molar-refractivity contribution in [2.45, 2.75) is 25.7 Å². The van der Waals surface area contributed by atoms with Crippen LogP contribution in [0.15, 0.2) is 18.2 Å². The summed E-state index contributed by atoms with van der Waals surface area (Å²) in [7, 11) is 0. The third-order valence-electron chi connectivity index (χ3n) is 2.99. The molecule has 0 aromatic heterocycles. The first-order chi connectivity index (χ1) is 7.78. The van der Waals surface area contributed by atoms with Crippen molar-refractivity contribution in [1.82, 2.24) is 0 Å². The first kappa shape index (κ1) is 11.1. The van der Waals surface area contributed by atoms with Crippen LogP contribution in [0.2, 0.25) is 0 Å². The molecule has 0 atom stereocenters. The molecule has 1 aromatic rings. The lowest BCUT2D eigenvalue weighted by Crippen LogP contribution is -2.08. The molecule has 2 rings (SSSR count). The molecule has 0 N–H and O–H groups in total. The van der Waals surface area contributed by atoms with Crippen LogP contribution < -0.4 is 4.74 Å². The fraction of sp³-hybridized carbons (Fsp3) is 0.462. The van der Waals surface area contributed by atoms with E-state index < -0.39 is 5.82 Å². The van der Waals surface area contributed by atoms with Crippen LogP contribution in [-0.2, 0) is 0 Å². The summed E-state index contributed by atoms with van der Waals surface area (Å²) in [6, 6.07) is 4.10. The normalized spacial score (nSPS) is 16.3. The van der Waals surface area contributed by atoms with Crippen molar-refractivity contribution in [3.63, 3.8) is 0 Å². The van der Waals surface area contributed by atoms with E-state index in [0.29, 0.717) is 30.1 Å². The molecule has 0 saturated heterocycles. The third-order valence-corrected chi connectivity index (χ3v) is 2.99. The molecule has 0 aliphatic heterocycles. The molecule has 0 bridgehead atoms. The molecule has 3 heteroatoms. The fourth-order valence-corrected chi connectivity index (χ4v) is 2.13. The van der Waals surface area contributed by atoms with Crippen LogP contribution in [0.3, 0.4) is 0 Å². The second-order valence-electron chi connectivity index (χ2n) is 4.30. The van der Waals surface area contributed by atoms with Crippen molar-refractivity contribution in [2.75, 3.05) is 6.61 Å². The second-order valence-corrected chi connectivity index (χ2v) is 4.30. The van der Waals surface area contributed by atoms with E-state index in [4.69, 9.17) is 4.74 Å². The summed E-state index contributed by atoms with van der Waals surface area (Å²) in [5.41, 5.74) is 0.321. The van der Waals surface area contributed by atoms with E-state index in [1.54, 1.807) is 6.07 Å². The summed E-state index contributed by atoms with van der Waals surface area (Å²) in [5.74, 6) is 0.614. The van der Waals surface area contributed by atoms with Crippen LogP contribution in [0.1, 0.15) is 36.0 Å². The number of hydrogen-bond donors (Lipinski definition) is 0. The Balaban J connectivity index is 1.97. The minimum atomic E-state index is -0.425. The van der Waals surface area contributed by atoms with E-state index in [1.165, 1.54) is 37.8 Å². The number of halogens is 1. The highest BCUT2D eigenvalue weighted by atomic mass is 19.1. The number of ether oxygens (including phenoxy) is 1. The Hall–Kier alpha value is -1.38. The van der Waals surface area contributed by atoms with Gasteiger partial charge in [-0.25, -0.2) is 4.39 Å². The molecule has 0 amide bonds. The largest absolute Gasteiger partial charge is 0.493 e. The van der Waals surface area contributed by atoms with E-state index in [-0.39, 0.29) is 0 Å². The average molecular weight is 222 g/mol. The van der Waals surface area contributed by atoms with Gasteiger partial charge in [0.25, 0.3) is 0 Å². The van der Waals surface area contributed by atoms with Crippen LogP contribution in [-0.4, -0.2) is 12.9 Å². The lowest BCUT2D eigenvalue weighted by molar-refractivity contribution is 0.112. The van der Waals surface area contributed by atoms with Gasteiger partial charge in [0, 0.05) is 11.6 Å². The zero-order valence-corrected chi connectivity index (χ0v) is 9.12. The van der Waals surface area contributed by atoms with Gasteiger partial charge in [-0.15, -0.1) is 0 Å². The molecular weight excluding hydrogens is 207 g/mol. The van der Waals surface area contributed by atoms with Crippen LogP contribution in [0.5, 0.6) is 5.75 Å². The summed E-state index contributed by atoms with van der Waals surface area (Å²) in [4.78, 5) is 10.5. The highest BCUT2D eigenvalue weighted by molar-refractivity contribution is 5.75. The minimum Gasteiger partial charge on any atom is -0.493 e. The zero-order chi connectivity index (χ0) is 11.4. The molecule has 86 valence electrons. The topological polar surface area (TPSA) is 26.3 Å². The Kier molecular flexibility index (Phi) is 3.54. The van der Waals surface area contributed by atoms with Gasteiger partial charge in [0.05, 0.1) is 6.61 Å². The molecule has 0 unspecified atom stereocenters. The molecular formula is C13H15FO2. The van der Waals surface area contributed by atoms with Crippen molar-refractivity contribution in [3.05, 3.63) is 29.6 Å². The van der Waals surface area contributed by atoms with Gasteiger partial charge < -0.3 is 4.74 Å². The standard InChI is InChI=1S/C13H15FO2/c14-12-5-11(8-15)6-13(7-12)16-9-10-3-1-2-4-10/h5-8,10H,1-4,9H2. The molecule has 1 aliphatic rings. The van der Waals surface area contributed by atoms with Crippen LogP contribution in [0.25, 0.3) is 0 Å². The molecule has 0 radical (unpaired) electrons. The van der Waals surface area contributed by atoms with Gasteiger partial charge in [-0.05, 0) is 30.9 Å². The molecule has 1 fully saturated rings. The molecule has 0 heterocycles. The van der Waals surface area contributed by atoms with Gasteiger partial charge in [-0.2, -0.15) is 0 Å². The maximum atomic E-state index is 13.1. The Labute approximate surface area is 94.4 Å². The van der Waals surface area contributed by atoms with Crippen molar-refractivity contribution in [3.8, 4) is 5.75 Å². The van der Waals surface area contributed by atoms with E-state index in [1.807, 2.05) is 0 Å². The number of hydrogen-bond acceptors (Lipinski definition) is 2. The number of rotatable bonds is 4. The number of carbonyl (C=O) groups excluding carboxylic acids is 1. The SMILES string of the molecule is O=Cc1cc(F)cc(OCC2CCCC2)c1. The fourth-order valence-electron chi connectivity index (χ4n) is 2.13. The monoisotopic (exact) mass is 222 g/mol. The average Bonchev–Trinajstić information content (AvgIpc) is 2.78.